The van der Waals surface area contributed by atoms with Crippen LogP contribution in [0.25, 0.3) is 10.4 Å². The number of nitrogens with one attached hydrogen (secondary N) is 1. The second-order valence-electron chi connectivity index (χ2n) is 8.65. The topological polar surface area (TPSA) is 58.6 Å². The molecule has 1 aliphatic carbocycles. The molecule has 0 saturated carbocycles. The summed E-state index contributed by atoms with van der Waals surface area (Å²) in [7, 11) is 1.92. The lowest BCUT2D eigenvalue weighted by atomic mass is 9.76. The molecule has 4 nitrogen and oxygen atoms in total. The summed E-state index contributed by atoms with van der Waals surface area (Å²) in [6.07, 6.45) is 2.88. The summed E-state index contributed by atoms with van der Waals surface area (Å²) in [6.45, 7) is 5.26. The first-order valence-electron chi connectivity index (χ1n) is 10.3. The van der Waals surface area contributed by atoms with Gasteiger partial charge in [0, 0.05) is 16.3 Å². The Morgan fingerprint density at radius 3 is 2.33 bits per heavy atom. The van der Waals surface area contributed by atoms with E-state index < -0.39 is 5.97 Å². The number of thiophene rings is 1. The van der Waals surface area contributed by atoms with Crippen molar-refractivity contribution in [3.05, 3.63) is 70.1 Å². The van der Waals surface area contributed by atoms with Gasteiger partial charge in [0.15, 0.2) is 0 Å². The molecule has 1 aromatic heterocycles. The van der Waals surface area contributed by atoms with Gasteiger partial charge in [-0.1, -0.05) is 26.0 Å². The van der Waals surface area contributed by atoms with Gasteiger partial charge in [0.2, 0.25) is 0 Å². The molecule has 2 N–H and O–H groups in total. The van der Waals surface area contributed by atoms with Gasteiger partial charge in [0.05, 0.1) is 5.56 Å². The van der Waals surface area contributed by atoms with E-state index in [1.807, 2.05) is 55.6 Å². The average molecular weight is 422 g/mol. The van der Waals surface area contributed by atoms with Gasteiger partial charge >= 0.3 is 5.97 Å². The van der Waals surface area contributed by atoms with Gasteiger partial charge in [-0.15, -0.1) is 11.3 Å². The maximum Gasteiger partial charge on any atom is 0.337 e. The molecule has 0 aliphatic heterocycles. The van der Waals surface area contributed by atoms with E-state index in [1.54, 1.807) is 11.3 Å². The number of hydrogen-bond donors (Lipinski definition) is 2. The first kappa shape index (κ1) is 20.6. The minimum Gasteiger partial charge on any atom is -0.478 e. The monoisotopic (exact) mass is 421 g/mol. The van der Waals surface area contributed by atoms with Gasteiger partial charge in [-0.2, -0.15) is 0 Å². The predicted molar refractivity (Wildman–Crippen MR) is 122 cm³/mol. The Morgan fingerprint density at radius 1 is 1.10 bits per heavy atom. The summed E-state index contributed by atoms with van der Waals surface area (Å²) in [4.78, 5) is 14.2. The fourth-order valence-corrected chi connectivity index (χ4v) is 5.35. The number of fused-ring (bicyclic) bond motifs is 1. The molecule has 0 radical (unpaired) electrons. The molecule has 30 heavy (non-hydrogen) atoms. The van der Waals surface area contributed by atoms with E-state index >= 15 is 0 Å². The van der Waals surface area contributed by atoms with E-state index in [-0.39, 0.29) is 5.41 Å². The molecule has 0 atom stereocenters. The van der Waals surface area contributed by atoms with E-state index in [1.165, 1.54) is 10.4 Å². The highest BCUT2D eigenvalue weighted by Gasteiger charge is 2.32. The van der Waals surface area contributed by atoms with Gasteiger partial charge in [-0.05, 0) is 84.8 Å². The van der Waals surface area contributed by atoms with Crippen molar-refractivity contribution in [1.82, 2.24) is 5.32 Å². The number of carboxylic acids is 1. The quantitative estimate of drug-likeness (QED) is 0.502. The number of carboxylic acid groups (broad SMARTS) is 1. The van der Waals surface area contributed by atoms with Crippen LogP contribution >= 0.6 is 11.3 Å². The molecule has 4 rings (SSSR count). The van der Waals surface area contributed by atoms with Crippen LogP contribution in [-0.2, 0) is 19.4 Å². The Hall–Kier alpha value is -2.63. The van der Waals surface area contributed by atoms with E-state index in [0.717, 1.165) is 53.3 Å². The number of carbonyl (C=O) groups is 1. The highest BCUT2D eigenvalue weighted by Crippen LogP contribution is 2.45. The van der Waals surface area contributed by atoms with Crippen LogP contribution in [0.15, 0.2) is 48.5 Å². The van der Waals surface area contributed by atoms with Crippen molar-refractivity contribution >= 4 is 17.3 Å². The lowest BCUT2D eigenvalue weighted by Crippen LogP contribution is -2.22. The molecule has 0 bridgehead atoms. The molecule has 3 aromatic rings. The SMILES string of the molecule is CNCc1ccc(Oc2ccc(-c3sc4c(c3C(=O)O)CC(C)(C)CC4)cc2)cc1. The van der Waals surface area contributed by atoms with Crippen molar-refractivity contribution in [3.63, 3.8) is 0 Å². The Morgan fingerprint density at radius 2 is 1.73 bits per heavy atom. The van der Waals surface area contributed by atoms with Gasteiger partial charge in [0.1, 0.15) is 11.5 Å². The zero-order valence-corrected chi connectivity index (χ0v) is 18.4. The standard InChI is InChI=1S/C25H27NO3S/c1-25(2)13-12-21-20(14-25)22(24(27)28)23(30-21)17-6-10-19(11-7-17)29-18-8-4-16(5-9-18)15-26-3/h4-11,26H,12-15H2,1-3H3,(H,27,28). The fraction of sp³-hybridized carbons (Fsp3) is 0.320. The maximum absolute atomic E-state index is 12.1. The van der Waals surface area contributed by atoms with Crippen LogP contribution in [0.5, 0.6) is 11.5 Å². The van der Waals surface area contributed by atoms with Crippen molar-refractivity contribution in [3.8, 4) is 21.9 Å². The van der Waals surface area contributed by atoms with Crippen LogP contribution in [0.2, 0.25) is 0 Å². The van der Waals surface area contributed by atoms with Crippen LogP contribution in [0.4, 0.5) is 0 Å². The molecule has 1 aliphatic rings. The summed E-state index contributed by atoms with van der Waals surface area (Å²) < 4.78 is 5.96. The third-order valence-electron chi connectivity index (χ3n) is 5.65. The van der Waals surface area contributed by atoms with Crippen molar-refractivity contribution in [2.24, 2.45) is 5.41 Å². The summed E-state index contributed by atoms with van der Waals surface area (Å²) in [5.41, 5.74) is 3.79. The fourth-order valence-electron chi connectivity index (χ4n) is 4.04. The van der Waals surface area contributed by atoms with E-state index in [0.29, 0.717) is 5.56 Å². The van der Waals surface area contributed by atoms with Crippen molar-refractivity contribution in [1.29, 1.82) is 0 Å². The number of benzene rings is 2. The smallest absolute Gasteiger partial charge is 0.337 e. The second-order valence-corrected chi connectivity index (χ2v) is 9.76. The zero-order valence-electron chi connectivity index (χ0n) is 17.6. The lowest BCUT2D eigenvalue weighted by molar-refractivity contribution is 0.0696. The molecule has 156 valence electrons. The van der Waals surface area contributed by atoms with Crippen LogP contribution in [0.1, 0.15) is 46.6 Å². The minimum atomic E-state index is -0.831. The first-order valence-corrected chi connectivity index (χ1v) is 11.1. The Balaban J connectivity index is 1.58. The van der Waals surface area contributed by atoms with Crippen LogP contribution in [-0.4, -0.2) is 18.1 Å². The first-order chi connectivity index (χ1) is 14.4. The second kappa shape index (κ2) is 8.25. The molecule has 0 unspecified atom stereocenters. The number of aryl methyl sites for hydroxylation is 1. The largest absolute Gasteiger partial charge is 0.478 e. The van der Waals surface area contributed by atoms with Crippen molar-refractivity contribution in [2.45, 2.75) is 39.7 Å². The highest BCUT2D eigenvalue weighted by atomic mass is 32.1. The number of hydrogen-bond acceptors (Lipinski definition) is 4. The Kier molecular flexibility index (Phi) is 5.67. The van der Waals surface area contributed by atoms with Crippen LogP contribution in [0.3, 0.4) is 0 Å². The van der Waals surface area contributed by atoms with Gasteiger partial charge < -0.3 is 15.2 Å². The molecule has 0 spiro atoms. The number of ether oxygens (including phenoxy) is 1. The zero-order chi connectivity index (χ0) is 21.3. The maximum atomic E-state index is 12.1. The molecule has 0 saturated heterocycles. The summed E-state index contributed by atoms with van der Waals surface area (Å²) in [5, 5.41) is 13.1. The van der Waals surface area contributed by atoms with Crippen molar-refractivity contribution < 1.29 is 14.6 Å². The van der Waals surface area contributed by atoms with E-state index in [2.05, 4.69) is 19.2 Å². The molecule has 1 heterocycles. The minimum absolute atomic E-state index is 0.149. The molecular formula is C25H27NO3S. The van der Waals surface area contributed by atoms with Gasteiger partial charge in [0.25, 0.3) is 0 Å². The molecular weight excluding hydrogens is 394 g/mol. The third-order valence-corrected chi connectivity index (χ3v) is 6.99. The average Bonchev–Trinajstić information content (AvgIpc) is 3.08. The molecule has 0 fully saturated rings. The van der Waals surface area contributed by atoms with E-state index in [9.17, 15) is 9.90 Å². The summed E-state index contributed by atoms with van der Waals surface area (Å²) in [5.74, 6) is 0.685. The molecule has 0 amide bonds. The van der Waals surface area contributed by atoms with Crippen LogP contribution < -0.4 is 10.1 Å². The number of aromatic carboxylic acids is 1. The van der Waals surface area contributed by atoms with Gasteiger partial charge in [-0.3, -0.25) is 0 Å². The number of rotatable bonds is 6. The summed E-state index contributed by atoms with van der Waals surface area (Å²) in [6, 6.07) is 15.7. The normalized spacial score (nSPS) is 14.9. The predicted octanol–water partition coefficient (Wildman–Crippen LogP) is 6.14. The lowest BCUT2D eigenvalue weighted by Gasteiger charge is -2.29. The van der Waals surface area contributed by atoms with Crippen LogP contribution in [0, 0.1) is 5.41 Å². The molecule has 2 aromatic carbocycles. The Bertz CT molecular complexity index is 1050. The van der Waals surface area contributed by atoms with E-state index in [4.69, 9.17) is 4.74 Å². The van der Waals surface area contributed by atoms with Crippen molar-refractivity contribution in [2.75, 3.05) is 7.05 Å². The highest BCUT2D eigenvalue weighted by molar-refractivity contribution is 7.16. The summed E-state index contributed by atoms with van der Waals surface area (Å²) >= 11 is 1.63. The van der Waals surface area contributed by atoms with Gasteiger partial charge in [-0.25, -0.2) is 4.79 Å². The third kappa shape index (κ3) is 4.27. The Labute approximate surface area is 181 Å². The molecule has 5 heteroatoms.